The van der Waals surface area contributed by atoms with Crippen LogP contribution < -0.4 is 5.43 Å². The molecule has 1 aliphatic carbocycles. The summed E-state index contributed by atoms with van der Waals surface area (Å²) in [5.41, 5.74) is 7.82. The fourth-order valence-corrected chi connectivity index (χ4v) is 9.73. The fraction of sp³-hybridized carbons (Fsp3) is 0.558. The van der Waals surface area contributed by atoms with Crippen molar-refractivity contribution in [2.45, 2.75) is 98.8 Å². The summed E-state index contributed by atoms with van der Waals surface area (Å²) in [6.45, 7) is 16.4. The number of ether oxygens (including phenoxy) is 2. The number of carbonyl (C=O) groups excluding carboxylic acids is 3. The van der Waals surface area contributed by atoms with E-state index in [1.165, 1.54) is 11.3 Å². The van der Waals surface area contributed by atoms with Gasteiger partial charge in [0.15, 0.2) is 0 Å². The summed E-state index contributed by atoms with van der Waals surface area (Å²) in [5.74, 6) is -0.727. The quantitative estimate of drug-likeness (QED) is 0.196. The minimum atomic E-state index is -1.10. The fourth-order valence-electron chi connectivity index (χ4n) is 8.81. The van der Waals surface area contributed by atoms with Crippen LogP contribution in [0.5, 0.6) is 0 Å². The second-order valence-corrected chi connectivity index (χ2v) is 18.3. The van der Waals surface area contributed by atoms with Gasteiger partial charge in [0.25, 0.3) is 0 Å². The molecule has 5 heterocycles. The monoisotopic (exact) mass is 768 g/mol. The lowest BCUT2D eigenvalue weighted by Gasteiger charge is -2.41. The number of rotatable bonds is 7. The lowest BCUT2D eigenvalue weighted by atomic mass is 9.84. The first-order valence-electron chi connectivity index (χ1n) is 19.7. The number of cyclic esters (lactones) is 1. The number of aryl methyl sites for hydroxylation is 1. The molecule has 2 fully saturated rings. The van der Waals surface area contributed by atoms with Gasteiger partial charge in [0, 0.05) is 79.2 Å². The standard InChI is InChI=1S/C43H56N6O5S/c1-10-48-34-15-14-28-19-30(34)31(37(48)29-13-11-17-44-36(29)27(4)53-9)20-41(5,6)25-54-40(52)42(7)16-12-18-49(46-42)39(51)43(22-35-45-33(28)24-55-35)21-32(43)38(50)47(8)23-26(2)3/h11,13-15,17,19,24,26-27,32,46H,10,12,16,18,20-23,25H2,1-9H3/t27-,32+,42+,43+/m0/s1. The molecule has 3 aromatic heterocycles. The first kappa shape index (κ1) is 39.1. The molecule has 12 heteroatoms. The summed E-state index contributed by atoms with van der Waals surface area (Å²) in [6, 6.07) is 10.6. The number of hydrogen-bond acceptors (Lipinski definition) is 9. The number of pyridine rings is 1. The lowest BCUT2D eigenvalue weighted by Crippen LogP contribution is -2.64. The molecule has 7 rings (SSSR count). The van der Waals surface area contributed by atoms with Crippen LogP contribution in [0, 0.1) is 22.7 Å². The van der Waals surface area contributed by atoms with E-state index in [0.29, 0.717) is 51.1 Å². The number of amides is 2. The highest BCUT2D eigenvalue weighted by atomic mass is 32.1. The van der Waals surface area contributed by atoms with Gasteiger partial charge in [-0.3, -0.25) is 19.6 Å². The van der Waals surface area contributed by atoms with Gasteiger partial charge in [0.05, 0.1) is 46.1 Å². The van der Waals surface area contributed by atoms with Crippen molar-refractivity contribution in [2.24, 2.45) is 22.7 Å². The van der Waals surface area contributed by atoms with Gasteiger partial charge in [-0.05, 0) is 82.2 Å². The average molecular weight is 769 g/mol. The smallest absolute Gasteiger partial charge is 0.327 e. The third-order valence-corrected chi connectivity index (χ3v) is 12.7. The number of carbonyl (C=O) groups is 3. The van der Waals surface area contributed by atoms with Gasteiger partial charge in [-0.15, -0.1) is 11.3 Å². The van der Waals surface area contributed by atoms with Crippen molar-refractivity contribution in [3.8, 4) is 22.5 Å². The number of nitrogens with zero attached hydrogens (tertiary/aromatic N) is 5. The Labute approximate surface area is 328 Å². The van der Waals surface area contributed by atoms with Gasteiger partial charge in [-0.25, -0.2) is 15.2 Å². The van der Waals surface area contributed by atoms with Crippen molar-refractivity contribution < 1.29 is 23.9 Å². The lowest BCUT2D eigenvalue weighted by molar-refractivity contribution is -0.163. The number of benzene rings is 1. The molecule has 3 aliphatic rings. The summed E-state index contributed by atoms with van der Waals surface area (Å²) >= 11 is 1.53. The second kappa shape index (κ2) is 14.7. The molecule has 1 aromatic carbocycles. The van der Waals surface area contributed by atoms with E-state index >= 15 is 0 Å². The van der Waals surface area contributed by atoms with E-state index in [4.69, 9.17) is 19.4 Å². The highest BCUT2D eigenvalue weighted by molar-refractivity contribution is 7.10. The molecule has 4 atom stereocenters. The van der Waals surface area contributed by atoms with Crippen LogP contribution in [0.4, 0.5) is 0 Å². The molecular formula is C43H56N6O5S. The van der Waals surface area contributed by atoms with Crippen LogP contribution >= 0.6 is 11.3 Å². The molecule has 1 saturated carbocycles. The Bertz CT molecular complexity index is 2120. The van der Waals surface area contributed by atoms with E-state index < -0.39 is 22.3 Å². The maximum atomic E-state index is 14.7. The molecule has 1 saturated heterocycles. The van der Waals surface area contributed by atoms with E-state index in [1.807, 2.05) is 33.2 Å². The number of thiazole rings is 1. The summed E-state index contributed by atoms with van der Waals surface area (Å²) in [4.78, 5) is 54.3. The second-order valence-electron chi connectivity index (χ2n) is 17.4. The van der Waals surface area contributed by atoms with E-state index in [9.17, 15) is 14.4 Å². The molecule has 0 unspecified atom stereocenters. The van der Waals surface area contributed by atoms with Crippen LogP contribution in [0.2, 0.25) is 0 Å². The van der Waals surface area contributed by atoms with E-state index in [1.54, 1.807) is 17.0 Å². The van der Waals surface area contributed by atoms with Crippen molar-refractivity contribution in [2.75, 3.05) is 33.9 Å². The number of esters is 1. The number of fused-ring (bicyclic) bond motifs is 6. The molecule has 2 amide bonds. The third-order valence-electron chi connectivity index (χ3n) is 11.8. The number of hydrogen-bond donors (Lipinski definition) is 1. The zero-order chi connectivity index (χ0) is 39.4. The molecule has 294 valence electrons. The largest absolute Gasteiger partial charge is 0.464 e. The highest BCUT2D eigenvalue weighted by Gasteiger charge is 2.66. The first-order valence-corrected chi connectivity index (χ1v) is 20.6. The summed E-state index contributed by atoms with van der Waals surface area (Å²) in [5, 5.41) is 5.58. The van der Waals surface area contributed by atoms with Crippen LogP contribution in [-0.4, -0.2) is 81.6 Å². The SMILES string of the molecule is CCn1c(-c2cccnc2[C@H](C)OC)c2c3cc(ccc31)-c1csc(n1)C[C@@]1(C[C@@H]1C(=O)N(C)CC(C)C)C(=O)N1CCC[C@@](C)(N1)C(=O)OCC(C)(C)C2. The number of nitrogens with one attached hydrogen (secondary N) is 1. The van der Waals surface area contributed by atoms with Gasteiger partial charge in [-0.2, -0.15) is 0 Å². The molecule has 4 aromatic rings. The topological polar surface area (TPSA) is 119 Å². The molecule has 0 radical (unpaired) electrons. The number of hydrazine groups is 1. The predicted molar refractivity (Wildman–Crippen MR) is 215 cm³/mol. The Kier molecular flexibility index (Phi) is 10.5. The number of aromatic nitrogens is 3. The van der Waals surface area contributed by atoms with Crippen LogP contribution in [0.3, 0.4) is 0 Å². The van der Waals surface area contributed by atoms with Gasteiger partial charge in [0.1, 0.15) is 5.54 Å². The zero-order valence-corrected chi connectivity index (χ0v) is 34.6. The maximum absolute atomic E-state index is 14.7. The molecule has 55 heavy (non-hydrogen) atoms. The summed E-state index contributed by atoms with van der Waals surface area (Å²) in [7, 11) is 3.53. The molecule has 1 N–H and O–H groups in total. The Morgan fingerprint density at radius 2 is 1.95 bits per heavy atom. The van der Waals surface area contributed by atoms with Crippen molar-refractivity contribution in [3.05, 3.63) is 58.2 Å². The Morgan fingerprint density at radius 3 is 2.67 bits per heavy atom. The van der Waals surface area contributed by atoms with Gasteiger partial charge in [-0.1, -0.05) is 33.8 Å². The molecule has 2 aliphatic heterocycles. The Morgan fingerprint density at radius 1 is 1.16 bits per heavy atom. The van der Waals surface area contributed by atoms with Crippen LogP contribution in [-0.2, 0) is 43.2 Å². The van der Waals surface area contributed by atoms with Crippen LogP contribution in [0.15, 0.2) is 41.9 Å². The highest BCUT2D eigenvalue weighted by Crippen LogP contribution is 2.57. The van der Waals surface area contributed by atoms with Crippen molar-refractivity contribution in [1.82, 2.24) is 29.9 Å². The maximum Gasteiger partial charge on any atom is 0.327 e. The molecule has 6 bridgehead atoms. The van der Waals surface area contributed by atoms with Crippen molar-refractivity contribution >= 4 is 40.0 Å². The van der Waals surface area contributed by atoms with E-state index in [2.05, 4.69) is 74.3 Å². The molecular weight excluding hydrogens is 713 g/mol. The van der Waals surface area contributed by atoms with Gasteiger partial charge < -0.3 is 18.9 Å². The van der Waals surface area contributed by atoms with E-state index in [-0.39, 0.29) is 30.5 Å². The van der Waals surface area contributed by atoms with Gasteiger partial charge >= 0.3 is 5.97 Å². The van der Waals surface area contributed by atoms with Gasteiger partial charge in [0.2, 0.25) is 11.8 Å². The van der Waals surface area contributed by atoms with Crippen molar-refractivity contribution in [1.29, 1.82) is 0 Å². The Balaban J connectivity index is 1.38. The molecule has 11 nitrogen and oxygen atoms in total. The minimum absolute atomic E-state index is 0.0201. The summed E-state index contributed by atoms with van der Waals surface area (Å²) in [6.07, 6.45) is 4.16. The average Bonchev–Trinajstić information content (AvgIpc) is 3.55. The van der Waals surface area contributed by atoms with Crippen molar-refractivity contribution in [3.63, 3.8) is 0 Å². The van der Waals surface area contributed by atoms with Crippen LogP contribution in [0.1, 0.15) is 90.1 Å². The minimum Gasteiger partial charge on any atom is -0.464 e. The zero-order valence-electron chi connectivity index (χ0n) is 33.8. The summed E-state index contributed by atoms with van der Waals surface area (Å²) < 4.78 is 14.4. The normalized spacial score (nSPS) is 24.5. The predicted octanol–water partition coefficient (Wildman–Crippen LogP) is 7.23. The Hall–Kier alpha value is -4.13. The van der Waals surface area contributed by atoms with E-state index in [0.717, 1.165) is 56.2 Å². The van der Waals surface area contributed by atoms with Crippen LogP contribution in [0.25, 0.3) is 33.4 Å². The molecule has 1 spiro atoms. The number of methoxy groups -OCH3 is 1. The first-order chi connectivity index (χ1) is 26.1. The third kappa shape index (κ3) is 7.21.